The summed E-state index contributed by atoms with van der Waals surface area (Å²) in [5.74, 6) is -3.98. The highest BCUT2D eigenvalue weighted by atomic mass is 16.3. The van der Waals surface area contributed by atoms with Crippen molar-refractivity contribution in [3.63, 3.8) is 0 Å². The van der Waals surface area contributed by atoms with E-state index in [-0.39, 0.29) is 31.4 Å². The number of benzene rings is 3. The first-order valence-electron chi connectivity index (χ1n) is 18.8. The molecule has 296 valence electrons. The monoisotopic (exact) mass is 766 g/mol. The summed E-state index contributed by atoms with van der Waals surface area (Å²) in [6.45, 7) is 3.23. The van der Waals surface area contributed by atoms with E-state index in [9.17, 15) is 33.9 Å². The van der Waals surface area contributed by atoms with Gasteiger partial charge in [-0.25, -0.2) is 0 Å². The van der Waals surface area contributed by atoms with E-state index in [1.165, 1.54) is 26.0 Å². The summed E-state index contributed by atoms with van der Waals surface area (Å²) in [6.07, 6.45) is 3.01. The summed E-state index contributed by atoms with van der Waals surface area (Å²) < 4.78 is 0. The van der Waals surface area contributed by atoms with E-state index in [1.54, 1.807) is 42.6 Å². The van der Waals surface area contributed by atoms with Gasteiger partial charge < -0.3 is 47.7 Å². The molecule has 4 aromatic rings. The fourth-order valence-corrected chi connectivity index (χ4v) is 6.52. The van der Waals surface area contributed by atoms with Gasteiger partial charge in [0.05, 0.1) is 0 Å². The number of hydrogen-bond donors (Lipinski definition) is 9. The first-order chi connectivity index (χ1) is 26.9. The molecule has 15 nitrogen and oxygen atoms in total. The van der Waals surface area contributed by atoms with Crippen molar-refractivity contribution in [2.75, 3.05) is 6.54 Å². The van der Waals surface area contributed by atoms with Crippen molar-refractivity contribution in [1.82, 2.24) is 36.9 Å². The number of hydrogen-bond acceptors (Lipinski definition) is 8. The molecule has 56 heavy (non-hydrogen) atoms. The molecule has 0 saturated carbocycles. The highest BCUT2D eigenvalue weighted by Gasteiger charge is 2.34. The van der Waals surface area contributed by atoms with Gasteiger partial charge in [0, 0.05) is 36.4 Å². The molecule has 10 N–H and O–H groups in total. The summed E-state index contributed by atoms with van der Waals surface area (Å²) >= 11 is 0. The van der Waals surface area contributed by atoms with Crippen LogP contribution in [0.1, 0.15) is 49.8 Å². The number of nitrogens with one attached hydrogen (secondary N) is 7. The first kappa shape index (κ1) is 41.0. The predicted molar refractivity (Wildman–Crippen MR) is 210 cm³/mol. The summed E-state index contributed by atoms with van der Waals surface area (Å²) in [5, 5.41) is 27.0. The molecule has 1 saturated heterocycles. The number of phenolic OH excluding ortho intramolecular Hbond substituents is 1. The lowest BCUT2D eigenvalue weighted by molar-refractivity contribution is -0.136. The van der Waals surface area contributed by atoms with Gasteiger partial charge in [0.2, 0.25) is 35.4 Å². The number of H-pyrrole nitrogens is 1. The average Bonchev–Trinajstić information content (AvgIpc) is 3.59. The van der Waals surface area contributed by atoms with Gasteiger partial charge in [0.25, 0.3) is 0 Å². The van der Waals surface area contributed by atoms with Crippen molar-refractivity contribution < 1.29 is 33.9 Å². The van der Waals surface area contributed by atoms with Crippen molar-refractivity contribution in [2.45, 2.75) is 88.6 Å². The zero-order chi connectivity index (χ0) is 40.2. The lowest BCUT2D eigenvalue weighted by atomic mass is 10.0. The zero-order valence-corrected chi connectivity index (χ0v) is 31.5. The highest BCUT2D eigenvalue weighted by molar-refractivity contribution is 5.98. The molecule has 0 unspecified atom stereocenters. The molecule has 15 heteroatoms. The van der Waals surface area contributed by atoms with Crippen LogP contribution in [0.25, 0.3) is 10.9 Å². The number of aromatic hydroxyl groups is 1. The molecule has 6 atom stereocenters. The quantitative estimate of drug-likeness (QED) is 0.105. The van der Waals surface area contributed by atoms with Crippen LogP contribution in [-0.2, 0) is 48.0 Å². The number of para-hydroxylation sites is 1. The third-order valence-corrected chi connectivity index (χ3v) is 9.74. The zero-order valence-electron chi connectivity index (χ0n) is 31.5. The molecule has 5 rings (SSSR count). The van der Waals surface area contributed by atoms with E-state index in [2.05, 4.69) is 36.9 Å². The summed E-state index contributed by atoms with van der Waals surface area (Å²) in [6, 6.07) is 15.6. The summed E-state index contributed by atoms with van der Waals surface area (Å²) in [5.41, 5.74) is 8.65. The second-order valence-electron chi connectivity index (χ2n) is 14.1. The minimum atomic E-state index is -1.21. The number of unbranched alkanes of at least 4 members (excludes halogenated alkanes) is 1. The fraction of sp³-hybridized carbons (Fsp3) is 0.366. The number of fused-ring (bicyclic) bond motifs is 1. The number of rotatable bonds is 10. The smallest absolute Gasteiger partial charge is 0.243 e. The maximum absolute atomic E-state index is 14.4. The second-order valence-corrected chi connectivity index (χ2v) is 14.1. The molecule has 0 aliphatic carbocycles. The molecule has 1 aliphatic heterocycles. The molecular weight excluding hydrogens is 716 g/mol. The Bertz CT molecular complexity index is 2000. The number of phenols is 1. The van der Waals surface area contributed by atoms with Gasteiger partial charge in [0.1, 0.15) is 42.0 Å². The van der Waals surface area contributed by atoms with Gasteiger partial charge in [-0.3, -0.25) is 28.8 Å². The Morgan fingerprint density at radius 2 is 1.02 bits per heavy atom. The minimum absolute atomic E-state index is 0.0127. The van der Waals surface area contributed by atoms with Crippen molar-refractivity contribution >= 4 is 46.3 Å². The Hall–Kier alpha value is -6.22. The lowest BCUT2D eigenvalue weighted by Gasteiger charge is -2.28. The number of nitrogens with two attached hydrogens (primary N) is 1. The van der Waals surface area contributed by atoms with Crippen LogP contribution in [0.15, 0.2) is 85.1 Å². The standard InChI is InChI=1S/C41H50N8O7/c1-24-36(51)44-25(2)37(52)47-34(20-26-10-4-3-5-11-26)40(55)49-35(22-28-23-43-31-13-7-6-12-30(28)31)41(56)46-32(14-8-9-19-42)38(53)48-33(39(54)45-24)21-27-15-17-29(50)18-16-27/h3-7,10-13,15-18,23-25,32-35,43,50H,8-9,14,19-22,42H2,1-2H3,(H,44,51)(H,45,54)(H,46,56)(H,47,52)(H,48,53)(H,49,55)/t24-,25-,32-,33-,34-,35-/m0/s1. The maximum atomic E-state index is 14.4. The van der Waals surface area contributed by atoms with E-state index in [4.69, 9.17) is 5.73 Å². The van der Waals surface area contributed by atoms with Crippen molar-refractivity contribution in [3.05, 3.63) is 102 Å². The molecule has 1 aliphatic rings. The van der Waals surface area contributed by atoms with Gasteiger partial charge in [-0.15, -0.1) is 0 Å². The Morgan fingerprint density at radius 1 is 0.536 bits per heavy atom. The number of aromatic nitrogens is 1. The molecule has 0 bridgehead atoms. The van der Waals surface area contributed by atoms with E-state index < -0.39 is 71.7 Å². The van der Waals surface area contributed by atoms with E-state index in [0.717, 1.165) is 22.0 Å². The third kappa shape index (κ3) is 11.2. The van der Waals surface area contributed by atoms with E-state index in [0.29, 0.717) is 24.9 Å². The van der Waals surface area contributed by atoms with Crippen LogP contribution in [0.5, 0.6) is 5.75 Å². The van der Waals surface area contributed by atoms with Crippen molar-refractivity contribution in [2.24, 2.45) is 5.73 Å². The van der Waals surface area contributed by atoms with Gasteiger partial charge in [-0.2, -0.15) is 0 Å². The van der Waals surface area contributed by atoms with Crippen molar-refractivity contribution in [1.29, 1.82) is 0 Å². The number of carbonyl (C=O) groups is 6. The van der Waals surface area contributed by atoms with Gasteiger partial charge in [-0.1, -0.05) is 60.7 Å². The van der Waals surface area contributed by atoms with E-state index >= 15 is 0 Å². The van der Waals surface area contributed by atoms with Gasteiger partial charge in [-0.05, 0) is 74.5 Å². The van der Waals surface area contributed by atoms with Gasteiger partial charge >= 0.3 is 0 Å². The number of carbonyl (C=O) groups excluding carboxylic acids is 6. The van der Waals surface area contributed by atoms with Crippen LogP contribution in [0.2, 0.25) is 0 Å². The Kier molecular flexibility index (Phi) is 14.2. The Morgan fingerprint density at radius 3 is 1.66 bits per heavy atom. The fourth-order valence-electron chi connectivity index (χ4n) is 6.52. The Balaban J connectivity index is 1.52. The lowest BCUT2D eigenvalue weighted by Crippen LogP contribution is -2.61. The second kappa shape index (κ2) is 19.4. The third-order valence-electron chi connectivity index (χ3n) is 9.74. The van der Waals surface area contributed by atoms with Crippen LogP contribution in [-0.4, -0.2) is 88.3 Å². The topological polar surface area (TPSA) is 237 Å². The van der Waals surface area contributed by atoms with E-state index in [1.807, 2.05) is 30.3 Å². The van der Waals surface area contributed by atoms with Crippen LogP contribution < -0.4 is 37.6 Å². The van der Waals surface area contributed by atoms with Crippen LogP contribution >= 0.6 is 0 Å². The largest absolute Gasteiger partial charge is 0.508 e. The number of amides is 6. The molecule has 1 aromatic heterocycles. The number of aromatic amines is 1. The summed E-state index contributed by atoms with van der Waals surface area (Å²) in [7, 11) is 0. The van der Waals surface area contributed by atoms with Crippen molar-refractivity contribution in [3.8, 4) is 5.75 Å². The predicted octanol–water partition coefficient (Wildman–Crippen LogP) is 0.993. The SMILES string of the molecule is C[C@@H]1NC(=O)[C@H](C)NC(=O)[C@H](Cc2ccc(O)cc2)NC(=O)[C@H](CCCCN)NC(=O)[C@H](Cc2c[nH]c3ccccc23)NC(=O)[C@H](Cc2ccccc2)NC1=O. The molecule has 6 amide bonds. The molecular formula is C41H50N8O7. The maximum Gasteiger partial charge on any atom is 0.243 e. The van der Waals surface area contributed by atoms with Gasteiger partial charge in [0.15, 0.2) is 0 Å². The molecule has 3 aromatic carbocycles. The highest BCUT2D eigenvalue weighted by Crippen LogP contribution is 2.20. The average molecular weight is 767 g/mol. The first-order valence-corrected chi connectivity index (χ1v) is 18.8. The summed E-state index contributed by atoms with van der Waals surface area (Å²) in [4.78, 5) is 86.4. The minimum Gasteiger partial charge on any atom is -0.508 e. The molecule has 2 heterocycles. The van der Waals surface area contributed by atoms with Crippen LogP contribution in [0.4, 0.5) is 0 Å². The molecule has 0 radical (unpaired) electrons. The van der Waals surface area contributed by atoms with Crippen LogP contribution in [0.3, 0.4) is 0 Å². The molecule has 1 fully saturated rings. The van der Waals surface area contributed by atoms with Crippen LogP contribution in [0, 0.1) is 0 Å². The molecule has 0 spiro atoms. The Labute approximate surface area is 324 Å². The normalized spacial score (nSPS) is 23.1.